The average Bonchev–Trinajstić information content (AvgIpc) is 3.29. The zero-order chi connectivity index (χ0) is 39.3. The number of hydrogen-bond acceptors (Lipinski definition) is 0. The first-order valence-electron chi connectivity index (χ1n) is 20.4. The van der Waals surface area contributed by atoms with E-state index in [-0.39, 0.29) is 7.43 Å². The first-order chi connectivity index (χ1) is 28.6. The lowest BCUT2D eigenvalue weighted by Crippen LogP contribution is -2.00. The van der Waals surface area contributed by atoms with E-state index in [1.54, 1.807) is 0 Å². The van der Waals surface area contributed by atoms with E-state index >= 15 is 0 Å². The van der Waals surface area contributed by atoms with Crippen molar-refractivity contribution in [1.82, 2.24) is 0 Å². The summed E-state index contributed by atoms with van der Waals surface area (Å²) in [6.45, 7) is 7.06. The molecule has 7 aromatic carbocycles. The van der Waals surface area contributed by atoms with Crippen LogP contribution in [0.15, 0.2) is 236 Å². The lowest BCUT2D eigenvalue weighted by molar-refractivity contribution is 0.883. The summed E-state index contributed by atoms with van der Waals surface area (Å²) in [7, 11) is 0. The van der Waals surface area contributed by atoms with Gasteiger partial charge in [-0.15, -0.1) is 0 Å². The predicted molar refractivity (Wildman–Crippen MR) is 257 cm³/mol. The Morgan fingerprint density at radius 2 is 1.37 bits per heavy atom. The highest BCUT2D eigenvalue weighted by molar-refractivity contribution is 6.02. The predicted octanol–water partition coefficient (Wildman–Crippen LogP) is 16.1. The van der Waals surface area contributed by atoms with Crippen molar-refractivity contribution in [1.29, 1.82) is 0 Å². The van der Waals surface area contributed by atoms with Gasteiger partial charge in [-0.1, -0.05) is 221 Å². The van der Waals surface area contributed by atoms with Crippen molar-refractivity contribution in [2.24, 2.45) is 5.92 Å². The van der Waals surface area contributed by atoms with Gasteiger partial charge in [-0.05, 0) is 131 Å². The first-order valence-corrected chi connectivity index (χ1v) is 20.4. The van der Waals surface area contributed by atoms with Gasteiger partial charge in [0.1, 0.15) is 0 Å². The second-order valence-electron chi connectivity index (χ2n) is 15.3. The van der Waals surface area contributed by atoms with Crippen LogP contribution in [0.5, 0.6) is 0 Å². The van der Waals surface area contributed by atoms with Gasteiger partial charge in [-0.2, -0.15) is 0 Å². The Labute approximate surface area is 350 Å². The molecule has 0 spiro atoms. The van der Waals surface area contributed by atoms with Crippen LogP contribution in [0.4, 0.5) is 0 Å². The smallest absolute Gasteiger partial charge is 0.000732 e. The van der Waals surface area contributed by atoms with Crippen LogP contribution < -0.4 is 0 Å². The quantitative estimate of drug-likeness (QED) is 0.138. The molecule has 7 aromatic rings. The maximum absolute atomic E-state index is 4.82. The van der Waals surface area contributed by atoms with Crippen molar-refractivity contribution in [3.05, 3.63) is 264 Å². The molecule has 0 saturated carbocycles. The molecule has 1 atom stereocenters. The van der Waals surface area contributed by atoms with Crippen molar-refractivity contribution >= 4 is 32.7 Å². The molecule has 1 unspecified atom stereocenters. The van der Waals surface area contributed by atoms with Gasteiger partial charge >= 0.3 is 0 Å². The Morgan fingerprint density at radius 1 is 0.610 bits per heavy atom. The molecule has 9 rings (SSSR count). The lowest BCUT2D eigenvalue weighted by Gasteiger charge is -2.20. The molecule has 0 radical (unpaired) electrons. The zero-order valence-corrected chi connectivity index (χ0v) is 33.0. The third kappa shape index (κ3) is 8.22. The van der Waals surface area contributed by atoms with E-state index < -0.39 is 0 Å². The summed E-state index contributed by atoms with van der Waals surface area (Å²) in [6.07, 6.45) is 26.0. The fourth-order valence-electron chi connectivity index (χ4n) is 8.44. The number of rotatable bonds is 9. The monoisotopic (exact) mass is 758 g/mol. The number of fused-ring (bicyclic) bond motifs is 2. The lowest BCUT2D eigenvalue weighted by atomic mass is 9.84. The molecule has 0 amide bonds. The highest BCUT2D eigenvalue weighted by atomic mass is 14.2. The van der Waals surface area contributed by atoms with E-state index in [2.05, 4.69) is 225 Å². The molecule has 0 bridgehead atoms. The first kappa shape index (κ1) is 38.8. The highest BCUT2D eigenvalue weighted by Crippen LogP contribution is 2.40. The standard InChI is InChI=1S/C58H46.CH4/c1-41-18-9-10-19-43(41)20-11-13-22-45-34-36-55(52-29-17-28-50(39-52)51-33-32-44-21-12-14-27-49(44)38-51)57-40-48(35-37-54(45)57)42(2)53-30-15-16-31-56(53)58(46-23-5-3-6-24-46)47-25-7-4-8-26-47;/h3-21,23-25,27-41H,2,22,26H2,1H3;1H4/b13-11-,43-20-,58-47-;. The highest BCUT2D eigenvalue weighted by Gasteiger charge is 2.18. The summed E-state index contributed by atoms with van der Waals surface area (Å²) in [4.78, 5) is 0. The Bertz CT molecular complexity index is 2900. The van der Waals surface area contributed by atoms with Crippen LogP contribution in [0.2, 0.25) is 0 Å². The van der Waals surface area contributed by atoms with E-state index in [0.29, 0.717) is 5.92 Å². The Balaban J connectivity index is 0.00000484. The van der Waals surface area contributed by atoms with E-state index in [1.165, 1.54) is 77.2 Å². The molecule has 0 heteroatoms. The molecule has 0 aliphatic heterocycles. The number of hydrogen-bond donors (Lipinski definition) is 0. The van der Waals surface area contributed by atoms with Gasteiger partial charge in [-0.25, -0.2) is 0 Å². The molecule has 59 heavy (non-hydrogen) atoms. The van der Waals surface area contributed by atoms with Crippen molar-refractivity contribution in [2.45, 2.75) is 27.2 Å². The summed E-state index contributed by atoms with van der Waals surface area (Å²) in [6, 6.07) is 55.5. The third-order valence-corrected chi connectivity index (χ3v) is 11.6. The second-order valence-corrected chi connectivity index (χ2v) is 15.3. The molecule has 0 saturated heterocycles. The maximum Gasteiger partial charge on any atom is -0.000732 e. The van der Waals surface area contributed by atoms with E-state index in [1.807, 2.05) is 0 Å². The fraction of sp³-hybridized carbons (Fsp3) is 0.0847. The van der Waals surface area contributed by atoms with E-state index in [0.717, 1.165) is 29.5 Å². The molecule has 286 valence electrons. The Hall–Kier alpha value is -7.02. The summed E-state index contributed by atoms with van der Waals surface area (Å²) in [5, 5.41) is 4.99. The van der Waals surface area contributed by atoms with Gasteiger partial charge in [-0.3, -0.25) is 0 Å². The summed E-state index contributed by atoms with van der Waals surface area (Å²) >= 11 is 0. The maximum atomic E-state index is 4.82. The van der Waals surface area contributed by atoms with Gasteiger partial charge in [0.25, 0.3) is 0 Å². The number of benzene rings is 7. The van der Waals surface area contributed by atoms with Crippen LogP contribution in [0.25, 0.3) is 54.9 Å². The third-order valence-electron chi connectivity index (χ3n) is 11.6. The van der Waals surface area contributed by atoms with Gasteiger partial charge in [0.15, 0.2) is 0 Å². The van der Waals surface area contributed by atoms with Crippen LogP contribution in [-0.4, -0.2) is 0 Å². The van der Waals surface area contributed by atoms with Crippen molar-refractivity contribution in [3.8, 4) is 22.3 Å². The van der Waals surface area contributed by atoms with Crippen molar-refractivity contribution in [2.75, 3.05) is 0 Å². The van der Waals surface area contributed by atoms with Crippen molar-refractivity contribution < 1.29 is 0 Å². The summed E-state index contributed by atoms with van der Waals surface area (Å²) < 4.78 is 0. The topological polar surface area (TPSA) is 0 Å². The van der Waals surface area contributed by atoms with Gasteiger partial charge in [0.2, 0.25) is 0 Å². The molecular formula is C59H50. The van der Waals surface area contributed by atoms with Crippen LogP contribution in [0.3, 0.4) is 0 Å². The minimum Gasteiger partial charge on any atom is -0.0905 e. The molecule has 2 aliphatic carbocycles. The minimum atomic E-state index is 0. The molecule has 0 heterocycles. The normalized spacial score (nSPS) is 16.2. The summed E-state index contributed by atoms with van der Waals surface area (Å²) in [5.41, 5.74) is 15.7. The Morgan fingerprint density at radius 3 is 2.20 bits per heavy atom. The number of allylic oxidation sites excluding steroid dienone is 13. The largest absolute Gasteiger partial charge is 0.0905 e. The van der Waals surface area contributed by atoms with E-state index in [9.17, 15) is 0 Å². The fourth-order valence-corrected chi connectivity index (χ4v) is 8.44. The van der Waals surface area contributed by atoms with Gasteiger partial charge in [0.05, 0.1) is 0 Å². The minimum absolute atomic E-state index is 0. The molecule has 0 nitrogen and oxygen atoms in total. The molecule has 0 N–H and O–H groups in total. The molecule has 2 aliphatic rings. The average molecular weight is 759 g/mol. The Kier molecular flexibility index (Phi) is 11.6. The van der Waals surface area contributed by atoms with Crippen molar-refractivity contribution in [3.63, 3.8) is 0 Å². The zero-order valence-electron chi connectivity index (χ0n) is 33.0. The van der Waals surface area contributed by atoms with Crippen LogP contribution in [0, 0.1) is 5.92 Å². The summed E-state index contributed by atoms with van der Waals surface area (Å²) in [5.74, 6) is 0.424. The SMILES string of the molecule is C.C=C(c1ccc2c(C/C=C\C=C3\C=CC=CC3C)ccc(-c3cccc(-c4ccc5ccccc5c4)c3)c2c1)c1ccccc1/C(=C1/C=CC=CC1)c1ccccc1. The second kappa shape index (κ2) is 17.6. The van der Waals surface area contributed by atoms with Gasteiger partial charge < -0.3 is 0 Å². The van der Waals surface area contributed by atoms with Gasteiger partial charge in [0, 0.05) is 0 Å². The molecular weight excluding hydrogens is 709 g/mol. The molecule has 0 fully saturated rings. The molecule has 0 aromatic heterocycles. The van der Waals surface area contributed by atoms with Crippen LogP contribution in [-0.2, 0) is 6.42 Å². The van der Waals surface area contributed by atoms with E-state index in [4.69, 9.17) is 6.58 Å². The van der Waals surface area contributed by atoms with Crippen LogP contribution >= 0.6 is 0 Å². The van der Waals surface area contributed by atoms with Crippen LogP contribution in [0.1, 0.15) is 48.6 Å².